The first-order valence-corrected chi connectivity index (χ1v) is 5.22. The van der Waals surface area contributed by atoms with Gasteiger partial charge in [0.2, 0.25) is 0 Å². The Morgan fingerprint density at radius 1 is 1.11 bits per heavy atom. The number of nitrogens with one attached hydrogen (secondary N) is 1. The Labute approximate surface area is 105 Å². The maximum absolute atomic E-state index is 8.79. The van der Waals surface area contributed by atoms with Crippen molar-refractivity contribution < 1.29 is 5.11 Å². The molecule has 18 heavy (non-hydrogen) atoms. The minimum atomic E-state index is 0.121. The molecule has 0 aliphatic heterocycles. The van der Waals surface area contributed by atoms with E-state index in [1.807, 2.05) is 36.4 Å². The van der Waals surface area contributed by atoms with Crippen molar-refractivity contribution >= 4 is 5.84 Å². The lowest BCUT2D eigenvalue weighted by Crippen LogP contribution is -2.10. The molecule has 0 radical (unpaired) electrons. The molecule has 4 heteroatoms. The Kier molecular flexibility index (Phi) is 4.95. The lowest BCUT2D eigenvalue weighted by molar-refractivity contribution is 0.475. The van der Waals surface area contributed by atoms with Crippen molar-refractivity contribution in [2.45, 2.75) is 0 Å². The molecule has 0 spiro atoms. The smallest absolute Gasteiger partial charge is 0.122 e. The molecule has 0 saturated carbocycles. The highest BCUT2D eigenvalue weighted by Crippen LogP contribution is 2.08. The number of nitrogen functional groups attached to an aromatic ring is 1. The van der Waals surface area contributed by atoms with Crippen LogP contribution in [0.15, 0.2) is 54.6 Å². The number of nitrogens with two attached hydrogens (primary N) is 1. The number of nitrogens with zero attached hydrogens (tertiary/aromatic N) is 1. The van der Waals surface area contributed by atoms with Crippen LogP contribution in [-0.2, 0) is 0 Å². The van der Waals surface area contributed by atoms with E-state index < -0.39 is 0 Å². The lowest BCUT2D eigenvalue weighted by Gasteiger charge is -1.93. The summed E-state index contributed by atoms with van der Waals surface area (Å²) in [4.78, 5) is 0. The molecule has 2 aromatic carbocycles. The van der Waals surface area contributed by atoms with E-state index in [1.54, 1.807) is 12.1 Å². The van der Waals surface area contributed by atoms with Crippen LogP contribution >= 0.6 is 0 Å². The molecule has 4 N–H and O–H groups in total. The van der Waals surface area contributed by atoms with Crippen LogP contribution in [0.4, 0.5) is 0 Å². The number of phenols is 1. The van der Waals surface area contributed by atoms with Crippen molar-refractivity contribution in [2.75, 3.05) is 0 Å². The third kappa shape index (κ3) is 4.37. The van der Waals surface area contributed by atoms with Gasteiger partial charge in [-0.25, -0.2) is 0 Å². The van der Waals surface area contributed by atoms with Crippen molar-refractivity contribution in [2.24, 2.45) is 5.73 Å². The molecule has 0 saturated heterocycles. The van der Waals surface area contributed by atoms with E-state index in [9.17, 15) is 0 Å². The highest BCUT2D eigenvalue weighted by atomic mass is 16.3. The van der Waals surface area contributed by atoms with E-state index >= 15 is 0 Å². The average Bonchev–Trinajstić information content (AvgIpc) is 2.40. The van der Waals surface area contributed by atoms with E-state index in [1.165, 1.54) is 12.1 Å². The largest absolute Gasteiger partial charge is 0.508 e. The molecule has 0 heterocycles. The van der Waals surface area contributed by atoms with E-state index in [0.717, 1.165) is 5.56 Å². The zero-order valence-electron chi connectivity index (χ0n) is 9.67. The number of phenolic OH excluding ortho intramolecular Hbond substituents is 1. The first-order valence-electron chi connectivity index (χ1n) is 5.22. The first kappa shape index (κ1) is 13.3. The van der Waals surface area contributed by atoms with E-state index in [-0.39, 0.29) is 11.6 Å². The second-order valence-electron chi connectivity index (χ2n) is 3.44. The fourth-order valence-corrected chi connectivity index (χ4v) is 1.19. The van der Waals surface area contributed by atoms with Gasteiger partial charge in [-0.1, -0.05) is 36.4 Å². The fourth-order valence-electron chi connectivity index (χ4n) is 1.19. The Bertz CT molecular complexity index is 559. The molecule has 0 aliphatic carbocycles. The van der Waals surface area contributed by atoms with Gasteiger partial charge in [0.1, 0.15) is 11.6 Å². The quantitative estimate of drug-likeness (QED) is 0.526. The summed E-state index contributed by atoms with van der Waals surface area (Å²) in [6.45, 7) is 0. The van der Waals surface area contributed by atoms with Crippen LogP contribution in [0.2, 0.25) is 0 Å². The van der Waals surface area contributed by atoms with Crippen molar-refractivity contribution in [1.29, 1.82) is 10.7 Å². The van der Waals surface area contributed by atoms with Gasteiger partial charge in [0.05, 0.1) is 11.6 Å². The van der Waals surface area contributed by atoms with E-state index in [0.29, 0.717) is 5.56 Å². The SMILES string of the molecule is N#Cc1cccc(O)c1.N=C(N)c1ccccc1. The summed E-state index contributed by atoms with van der Waals surface area (Å²) in [5.41, 5.74) is 6.45. The summed E-state index contributed by atoms with van der Waals surface area (Å²) in [5.74, 6) is 0.254. The van der Waals surface area contributed by atoms with Gasteiger partial charge >= 0.3 is 0 Å². The van der Waals surface area contributed by atoms with Gasteiger partial charge in [0.15, 0.2) is 0 Å². The van der Waals surface area contributed by atoms with Gasteiger partial charge in [-0.3, -0.25) is 5.41 Å². The minimum absolute atomic E-state index is 0.121. The molecule has 4 nitrogen and oxygen atoms in total. The van der Waals surface area contributed by atoms with Crippen LogP contribution in [0.25, 0.3) is 0 Å². The monoisotopic (exact) mass is 239 g/mol. The van der Waals surface area contributed by atoms with Crippen LogP contribution in [-0.4, -0.2) is 10.9 Å². The number of nitriles is 1. The molecule has 0 unspecified atom stereocenters. The predicted octanol–water partition coefficient (Wildman–Crippen LogP) is 2.23. The molecule has 0 aromatic heterocycles. The van der Waals surface area contributed by atoms with E-state index in [2.05, 4.69) is 0 Å². The number of aromatic hydroxyl groups is 1. The minimum Gasteiger partial charge on any atom is -0.508 e. The number of hydrogen-bond acceptors (Lipinski definition) is 3. The summed E-state index contributed by atoms with van der Waals surface area (Å²) in [6.07, 6.45) is 0. The average molecular weight is 239 g/mol. The number of rotatable bonds is 1. The molecule has 0 amide bonds. The van der Waals surface area contributed by atoms with Crippen molar-refractivity contribution in [3.63, 3.8) is 0 Å². The summed E-state index contributed by atoms with van der Waals surface area (Å²) in [6, 6.07) is 17.4. The van der Waals surface area contributed by atoms with Gasteiger partial charge < -0.3 is 10.8 Å². The zero-order chi connectivity index (χ0) is 13.4. The van der Waals surface area contributed by atoms with Gasteiger partial charge in [0.25, 0.3) is 0 Å². The van der Waals surface area contributed by atoms with Crippen molar-refractivity contribution in [1.82, 2.24) is 0 Å². The predicted molar refractivity (Wildman–Crippen MR) is 70.3 cm³/mol. The summed E-state index contributed by atoms with van der Waals surface area (Å²) >= 11 is 0. The fraction of sp³-hybridized carbons (Fsp3) is 0. The van der Waals surface area contributed by atoms with Crippen LogP contribution in [0.3, 0.4) is 0 Å². The van der Waals surface area contributed by atoms with Crippen LogP contribution in [0, 0.1) is 16.7 Å². The van der Waals surface area contributed by atoms with Crippen LogP contribution in [0.5, 0.6) is 5.75 Å². The van der Waals surface area contributed by atoms with Crippen LogP contribution in [0.1, 0.15) is 11.1 Å². The Hall–Kier alpha value is -2.80. The van der Waals surface area contributed by atoms with E-state index in [4.69, 9.17) is 21.5 Å². The molecular formula is C14H13N3O. The van der Waals surface area contributed by atoms with Gasteiger partial charge in [-0.15, -0.1) is 0 Å². The van der Waals surface area contributed by atoms with Gasteiger partial charge in [-0.05, 0) is 18.2 Å². The Morgan fingerprint density at radius 2 is 1.78 bits per heavy atom. The van der Waals surface area contributed by atoms with Crippen molar-refractivity contribution in [3.05, 3.63) is 65.7 Å². The van der Waals surface area contributed by atoms with Crippen molar-refractivity contribution in [3.8, 4) is 11.8 Å². The standard InChI is InChI=1S/C7H8N2.C7H5NO/c8-7(9)6-4-2-1-3-5-6;8-5-6-2-1-3-7(9)4-6/h1-5H,(H3,8,9);1-4,9H. The van der Waals surface area contributed by atoms with Gasteiger partial charge in [0, 0.05) is 5.56 Å². The summed E-state index contributed by atoms with van der Waals surface area (Å²) < 4.78 is 0. The maximum atomic E-state index is 8.79. The highest BCUT2D eigenvalue weighted by Gasteiger charge is 1.89. The number of benzene rings is 2. The molecule has 0 aliphatic rings. The topological polar surface area (TPSA) is 93.9 Å². The third-order valence-electron chi connectivity index (χ3n) is 2.06. The Morgan fingerprint density at radius 3 is 2.17 bits per heavy atom. The second kappa shape index (κ2) is 6.71. The zero-order valence-corrected chi connectivity index (χ0v) is 9.67. The summed E-state index contributed by atoms with van der Waals surface area (Å²) in [7, 11) is 0. The first-order chi connectivity index (χ1) is 8.63. The lowest BCUT2D eigenvalue weighted by atomic mass is 10.2. The molecule has 90 valence electrons. The number of amidine groups is 1. The molecule has 0 fully saturated rings. The summed E-state index contributed by atoms with van der Waals surface area (Å²) in [5, 5.41) is 24.1. The highest BCUT2D eigenvalue weighted by molar-refractivity contribution is 5.94. The van der Waals surface area contributed by atoms with Crippen LogP contribution < -0.4 is 5.73 Å². The molecular weight excluding hydrogens is 226 g/mol. The number of hydrogen-bond donors (Lipinski definition) is 3. The Balaban J connectivity index is 0.000000180. The van der Waals surface area contributed by atoms with Gasteiger partial charge in [-0.2, -0.15) is 5.26 Å². The second-order valence-corrected chi connectivity index (χ2v) is 3.44. The molecule has 0 bridgehead atoms. The maximum Gasteiger partial charge on any atom is 0.122 e. The molecule has 2 aromatic rings. The molecule has 2 rings (SSSR count). The normalized spacial score (nSPS) is 8.61. The third-order valence-corrected chi connectivity index (χ3v) is 2.06. The molecule has 0 atom stereocenters.